The largest absolute Gasteiger partial charge is 0.280 e. The second kappa shape index (κ2) is 4.96. The first-order chi connectivity index (χ1) is 10.7. The number of benzene rings is 2. The molecule has 0 radical (unpaired) electrons. The van der Waals surface area contributed by atoms with Gasteiger partial charge in [-0.15, -0.1) is 11.3 Å². The lowest BCUT2D eigenvalue weighted by atomic mass is 10.1. The maximum Gasteiger partial charge on any atom is 0.280 e. The van der Waals surface area contributed by atoms with Crippen LogP contribution in [0, 0.1) is 6.92 Å². The lowest BCUT2D eigenvalue weighted by Crippen LogP contribution is -2.21. The van der Waals surface area contributed by atoms with E-state index in [1.807, 2.05) is 55.5 Å². The van der Waals surface area contributed by atoms with Crippen LogP contribution in [0.2, 0.25) is 0 Å². The first-order valence-corrected chi connectivity index (χ1v) is 7.77. The van der Waals surface area contributed by atoms with Crippen molar-refractivity contribution in [3.63, 3.8) is 0 Å². The van der Waals surface area contributed by atoms with E-state index >= 15 is 0 Å². The predicted molar refractivity (Wildman–Crippen MR) is 90.0 cm³/mol. The number of aryl methyl sites for hydroxylation is 1. The van der Waals surface area contributed by atoms with Crippen LogP contribution in [0.15, 0.2) is 54.9 Å². The first kappa shape index (κ1) is 13.0. The molecule has 0 saturated heterocycles. The average molecular weight is 307 g/mol. The fraction of sp³-hybridized carbons (Fsp3) is 0.0588. The second-order valence-electron chi connectivity index (χ2n) is 5.10. The standard InChI is InChI=1S/C17H13N3OS/c1-11-12-6-2-5-9-15(12)22-16(11)17(21)19-20-10-18-13-7-3-4-8-14(13)20/h2-10H,1H3,(H,19,21). The van der Waals surface area contributed by atoms with Crippen molar-refractivity contribution in [3.05, 3.63) is 65.3 Å². The van der Waals surface area contributed by atoms with Gasteiger partial charge in [-0.05, 0) is 36.1 Å². The maximum atomic E-state index is 12.6. The molecule has 2 heterocycles. The number of nitrogens with one attached hydrogen (secondary N) is 1. The van der Waals surface area contributed by atoms with Crippen molar-refractivity contribution < 1.29 is 4.79 Å². The van der Waals surface area contributed by atoms with Crippen molar-refractivity contribution in [2.24, 2.45) is 0 Å². The van der Waals surface area contributed by atoms with E-state index in [2.05, 4.69) is 10.4 Å². The Labute approximate surface area is 131 Å². The van der Waals surface area contributed by atoms with Gasteiger partial charge in [-0.2, -0.15) is 0 Å². The average Bonchev–Trinajstić information content (AvgIpc) is 3.10. The van der Waals surface area contributed by atoms with Crippen molar-refractivity contribution in [2.45, 2.75) is 6.92 Å². The minimum Gasteiger partial charge on any atom is -0.266 e. The Balaban J connectivity index is 1.73. The molecule has 4 rings (SSSR count). The molecule has 0 spiro atoms. The number of nitrogens with zero attached hydrogens (tertiary/aromatic N) is 2. The van der Waals surface area contributed by atoms with Crippen molar-refractivity contribution in [2.75, 3.05) is 5.43 Å². The smallest absolute Gasteiger partial charge is 0.266 e. The summed E-state index contributed by atoms with van der Waals surface area (Å²) in [6.45, 7) is 1.99. The number of amides is 1. The number of rotatable bonds is 2. The van der Waals surface area contributed by atoms with Gasteiger partial charge in [0.2, 0.25) is 0 Å². The second-order valence-corrected chi connectivity index (χ2v) is 6.15. The van der Waals surface area contributed by atoms with Gasteiger partial charge in [0.25, 0.3) is 5.91 Å². The zero-order valence-electron chi connectivity index (χ0n) is 11.9. The van der Waals surface area contributed by atoms with Crippen LogP contribution < -0.4 is 5.43 Å². The molecule has 1 N–H and O–H groups in total. The molecule has 1 amide bonds. The Hall–Kier alpha value is -2.66. The van der Waals surface area contributed by atoms with Crippen molar-refractivity contribution in [1.82, 2.24) is 9.66 Å². The molecule has 0 unspecified atom stereocenters. The van der Waals surface area contributed by atoms with E-state index in [0.717, 1.165) is 31.6 Å². The van der Waals surface area contributed by atoms with Gasteiger partial charge >= 0.3 is 0 Å². The minimum atomic E-state index is -0.109. The van der Waals surface area contributed by atoms with E-state index < -0.39 is 0 Å². The fourth-order valence-corrected chi connectivity index (χ4v) is 3.70. The number of fused-ring (bicyclic) bond motifs is 2. The van der Waals surface area contributed by atoms with Crippen LogP contribution in [-0.4, -0.2) is 15.6 Å². The number of carbonyl (C=O) groups excluding carboxylic acids is 1. The molecule has 0 aliphatic rings. The summed E-state index contributed by atoms with van der Waals surface area (Å²) in [4.78, 5) is 17.6. The highest BCUT2D eigenvalue weighted by molar-refractivity contribution is 7.21. The highest BCUT2D eigenvalue weighted by Gasteiger charge is 2.16. The Morgan fingerprint density at radius 2 is 1.91 bits per heavy atom. The molecule has 0 saturated carbocycles. The molecule has 0 aliphatic carbocycles. The Bertz CT molecular complexity index is 999. The number of hydrogen-bond acceptors (Lipinski definition) is 3. The van der Waals surface area contributed by atoms with Gasteiger partial charge in [0, 0.05) is 4.70 Å². The highest BCUT2D eigenvalue weighted by atomic mass is 32.1. The van der Waals surface area contributed by atoms with Crippen LogP contribution in [0.3, 0.4) is 0 Å². The summed E-state index contributed by atoms with van der Waals surface area (Å²) in [5.41, 5.74) is 5.67. The molecule has 0 aliphatic heterocycles. The van der Waals surface area contributed by atoms with E-state index in [-0.39, 0.29) is 5.91 Å². The van der Waals surface area contributed by atoms with Crippen LogP contribution in [-0.2, 0) is 0 Å². The van der Waals surface area contributed by atoms with Crippen molar-refractivity contribution in [3.8, 4) is 0 Å². The SMILES string of the molecule is Cc1c(C(=O)Nn2cnc3ccccc32)sc2ccccc12. The number of aromatic nitrogens is 2. The van der Waals surface area contributed by atoms with E-state index in [4.69, 9.17) is 0 Å². The van der Waals surface area contributed by atoms with Gasteiger partial charge in [-0.25, -0.2) is 9.66 Å². The van der Waals surface area contributed by atoms with Gasteiger partial charge in [0.05, 0.1) is 15.9 Å². The number of carbonyl (C=O) groups is 1. The first-order valence-electron chi connectivity index (χ1n) is 6.95. The van der Waals surface area contributed by atoms with Crippen LogP contribution in [0.5, 0.6) is 0 Å². The monoisotopic (exact) mass is 307 g/mol. The van der Waals surface area contributed by atoms with Gasteiger partial charge in [0.1, 0.15) is 6.33 Å². The van der Waals surface area contributed by atoms with E-state index in [9.17, 15) is 4.79 Å². The van der Waals surface area contributed by atoms with Crippen LogP contribution in [0.4, 0.5) is 0 Å². The van der Waals surface area contributed by atoms with Gasteiger partial charge < -0.3 is 0 Å². The summed E-state index contributed by atoms with van der Waals surface area (Å²) < 4.78 is 2.79. The number of hydrogen-bond donors (Lipinski definition) is 1. The van der Waals surface area contributed by atoms with Gasteiger partial charge in [-0.1, -0.05) is 30.3 Å². The molecule has 2 aromatic heterocycles. The minimum absolute atomic E-state index is 0.109. The summed E-state index contributed by atoms with van der Waals surface area (Å²) >= 11 is 1.51. The molecule has 0 bridgehead atoms. The fourth-order valence-electron chi connectivity index (χ4n) is 2.60. The van der Waals surface area contributed by atoms with Crippen LogP contribution in [0.1, 0.15) is 15.2 Å². The zero-order valence-corrected chi connectivity index (χ0v) is 12.7. The van der Waals surface area contributed by atoms with Crippen LogP contribution in [0.25, 0.3) is 21.1 Å². The summed E-state index contributed by atoms with van der Waals surface area (Å²) in [7, 11) is 0. The van der Waals surface area contributed by atoms with Crippen molar-refractivity contribution in [1.29, 1.82) is 0 Å². The molecular weight excluding hydrogens is 294 g/mol. The van der Waals surface area contributed by atoms with Crippen molar-refractivity contribution >= 4 is 38.4 Å². The third-order valence-corrected chi connectivity index (χ3v) is 5.00. The third kappa shape index (κ3) is 1.98. The molecule has 4 nitrogen and oxygen atoms in total. The normalized spacial score (nSPS) is 11.1. The number of thiophene rings is 1. The highest BCUT2D eigenvalue weighted by Crippen LogP contribution is 2.30. The molecular formula is C17H13N3OS. The topological polar surface area (TPSA) is 46.9 Å². The molecule has 0 fully saturated rings. The Kier molecular flexibility index (Phi) is 2.94. The molecule has 4 aromatic rings. The maximum absolute atomic E-state index is 12.6. The lowest BCUT2D eigenvalue weighted by Gasteiger charge is -2.06. The van der Waals surface area contributed by atoms with E-state index in [0.29, 0.717) is 0 Å². The van der Waals surface area contributed by atoms with E-state index in [1.165, 1.54) is 11.3 Å². The molecule has 2 aromatic carbocycles. The predicted octanol–water partition coefficient (Wildman–Crippen LogP) is 3.94. The lowest BCUT2D eigenvalue weighted by molar-refractivity contribution is 0.101. The number of imidazole rings is 1. The van der Waals surface area contributed by atoms with Crippen LogP contribution >= 0.6 is 11.3 Å². The van der Waals surface area contributed by atoms with E-state index in [1.54, 1.807) is 11.0 Å². The number of para-hydroxylation sites is 2. The molecule has 5 heteroatoms. The summed E-state index contributed by atoms with van der Waals surface area (Å²) in [5, 5.41) is 1.13. The molecule has 22 heavy (non-hydrogen) atoms. The summed E-state index contributed by atoms with van der Waals surface area (Å²) in [6.07, 6.45) is 1.63. The van der Waals surface area contributed by atoms with Gasteiger partial charge in [-0.3, -0.25) is 10.2 Å². The molecule has 0 atom stereocenters. The molecule has 108 valence electrons. The quantitative estimate of drug-likeness (QED) is 0.609. The Morgan fingerprint density at radius 1 is 1.14 bits per heavy atom. The third-order valence-electron chi connectivity index (χ3n) is 3.73. The summed E-state index contributed by atoms with van der Waals surface area (Å²) in [5.74, 6) is -0.109. The summed E-state index contributed by atoms with van der Waals surface area (Å²) in [6, 6.07) is 15.8. The zero-order chi connectivity index (χ0) is 15.1. The van der Waals surface area contributed by atoms with Gasteiger partial charge in [0.15, 0.2) is 0 Å². The Morgan fingerprint density at radius 3 is 2.77 bits per heavy atom.